The zero-order valence-electron chi connectivity index (χ0n) is 47.7. The van der Waals surface area contributed by atoms with Gasteiger partial charge in [-0.15, -0.1) is 0 Å². The molecule has 434 valence electrons. The Kier molecular flexibility index (Phi) is 30.1. The van der Waals surface area contributed by atoms with Crippen molar-refractivity contribution < 1.29 is 61.9 Å². The SMILES string of the molecule is C=CC(=O)OCCCCCCOc1ccc(C(=O)Oc2ccc(OC(=O)c3ccc(OCCCCCCOC(=O)C=C)cc3)c(C(=O)OCCCCCCCC(C)Oc3ccc(-c4ccc(CCCCCCCC)cn4)cc3)c2)cc1. The van der Waals surface area contributed by atoms with Crippen molar-refractivity contribution in [1.82, 2.24) is 4.98 Å². The minimum absolute atomic E-state index is 0.0473. The first-order chi connectivity index (χ1) is 39.5. The first-order valence-electron chi connectivity index (χ1n) is 29.1. The molecule has 1 unspecified atom stereocenters. The van der Waals surface area contributed by atoms with Crippen LogP contribution < -0.4 is 23.7 Å². The fourth-order valence-corrected chi connectivity index (χ4v) is 8.63. The van der Waals surface area contributed by atoms with Crippen molar-refractivity contribution >= 4 is 29.8 Å². The first-order valence-corrected chi connectivity index (χ1v) is 29.1. The van der Waals surface area contributed by atoms with Gasteiger partial charge in [-0.2, -0.15) is 0 Å². The number of aryl methyl sites for hydroxylation is 1. The lowest BCUT2D eigenvalue weighted by Gasteiger charge is -2.15. The molecule has 0 spiro atoms. The van der Waals surface area contributed by atoms with E-state index in [9.17, 15) is 24.0 Å². The van der Waals surface area contributed by atoms with Gasteiger partial charge >= 0.3 is 29.8 Å². The summed E-state index contributed by atoms with van der Waals surface area (Å²) in [7, 11) is 0. The van der Waals surface area contributed by atoms with Crippen LogP contribution in [0.5, 0.6) is 28.7 Å². The van der Waals surface area contributed by atoms with Crippen LogP contribution in [-0.4, -0.2) is 74.0 Å². The van der Waals surface area contributed by atoms with Gasteiger partial charge in [-0.3, -0.25) is 4.98 Å². The van der Waals surface area contributed by atoms with Crippen molar-refractivity contribution in [2.24, 2.45) is 0 Å². The Morgan fingerprint density at radius 3 is 1.51 bits per heavy atom. The molecule has 0 radical (unpaired) electrons. The molecule has 0 aliphatic heterocycles. The molecule has 1 aromatic heterocycles. The van der Waals surface area contributed by atoms with E-state index in [-0.39, 0.29) is 40.9 Å². The minimum Gasteiger partial charge on any atom is -0.494 e. The molecule has 5 rings (SSSR count). The summed E-state index contributed by atoms with van der Waals surface area (Å²) in [4.78, 5) is 67.5. The number of benzene rings is 4. The van der Waals surface area contributed by atoms with Crippen molar-refractivity contribution in [3.63, 3.8) is 0 Å². The van der Waals surface area contributed by atoms with E-state index in [0.717, 1.165) is 119 Å². The van der Waals surface area contributed by atoms with E-state index in [4.69, 9.17) is 42.9 Å². The largest absolute Gasteiger partial charge is 0.494 e. The van der Waals surface area contributed by atoms with Gasteiger partial charge in [0.2, 0.25) is 0 Å². The van der Waals surface area contributed by atoms with E-state index in [1.807, 2.05) is 18.3 Å². The van der Waals surface area contributed by atoms with Gasteiger partial charge < -0.3 is 37.9 Å². The summed E-state index contributed by atoms with van der Waals surface area (Å²) in [6, 6.07) is 29.6. The first kappa shape index (κ1) is 64.1. The average Bonchev–Trinajstić information content (AvgIpc) is 3.55. The third-order valence-electron chi connectivity index (χ3n) is 13.3. The van der Waals surface area contributed by atoms with E-state index in [2.05, 4.69) is 51.3 Å². The van der Waals surface area contributed by atoms with Crippen molar-refractivity contribution in [1.29, 1.82) is 0 Å². The second kappa shape index (κ2) is 38.0. The van der Waals surface area contributed by atoms with Crippen LogP contribution in [0.15, 0.2) is 135 Å². The lowest BCUT2D eigenvalue weighted by molar-refractivity contribution is -0.138. The number of pyridine rings is 1. The van der Waals surface area contributed by atoms with Crippen LogP contribution in [0.2, 0.25) is 0 Å². The summed E-state index contributed by atoms with van der Waals surface area (Å²) in [6.07, 6.45) is 25.1. The van der Waals surface area contributed by atoms with E-state index in [1.54, 1.807) is 48.5 Å². The van der Waals surface area contributed by atoms with Crippen LogP contribution in [0.25, 0.3) is 11.3 Å². The second-order valence-electron chi connectivity index (χ2n) is 20.0. The Morgan fingerprint density at radius 1 is 0.481 bits per heavy atom. The summed E-state index contributed by atoms with van der Waals surface area (Å²) >= 11 is 0. The van der Waals surface area contributed by atoms with Gasteiger partial charge in [0.1, 0.15) is 34.3 Å². The van der Waals surface area contributed by atoms with Crippen molar-refractivity contribution in [2.45, 2.75) is 155 Å². The van der Waals surface area contributed by atoms with Crippen LogP contribution in [-0.2, 0) is 30.2 Å². The molecule has 14 heteroatoms. The van der Waals surface area contributed by atoms with E-state index < -0.39 is 29.8 Å². The fourth-order valence-electron chi connectivity index (χ4n) is 8.63. The minimum atomic E-state index is -0.734. The van der Waals surface area contributed by atoms with Gasteiger partial charge in [-0.25, -0.2) is 24.0 Å². The molecule has 0 fully saturated rings. The Balaban J connectivity index is 1.07. The Morgan fingerprint density at radius 2 is 0.963 bits per heavy atom. The van der Waals surface area contributed by atoms with Gasteiger partial charge in [0.05, 0.1) is 56.0 Å². The molecule has 1 atom stereocenters. The molecule has 14 nitrogen and oxygen atoms in total. The quantitative estimate of drug-likeness (QED) is 0.0119. The highest BCUT2D eigenvalue weighted by atomic mass is 16.6. The molecule has 0 N–H and O–H groups in total. The summed E-state index contributed by atoms with van der Waals surface area (Å²) in [5.41, 5.74) is 3.71. The topological polar surface area (TPSA) is 172 Å². The van der Waals surface area contributed by atoms with Crippen molar-refractivity contribution in [3.8, 4) is 40.0 Å². The Bertz CT molecular complexity index is 2670. The number of unbranched alkanes of at least 4 members (excludes halogenated alkanes) is 15. The second-order valence-corrected chi connectivity index (χ2v) is 20.0. The monoisotopic (exact) mass is 1110 g/mol. The number of hydrogen-bond acceptors (Lipinski definition) is 14. The van der Waals surface area contributed by atoms with Gasteiger partial charge in [0.15, 0.2) is 0 Å². The smallest absolute Gasteiger partial charge is 0.343 e. The molecular formula is C67H83NO13. The molecule has 0 amide bonds. The Hall–Kier alpha value is -7.74. The molecule has 0 aliphatic rings. The summed E-state index contributed by atoms with van der Waals surface area (Å²) in [5.74, 6) is -0.981. The van der Waals surface area contributed by atoms with Crippen LogP contribution in [0, 0.1) is 0 Å². The van der Waals surface area contributed by atoms with Crippen LogP contribution in [0.3, 0.4) is 0 Å². The highest BCUT2D eigenvalue weighted by Crippen LogP contribution is 2.29. The highest BCUT2D eigenvalue weighted by molar-refractivity contribution is 5.97. The fraction of sp³-hybridized carbons (Fsp3) is 0.433. The van der Waals surface area contributed by atoms with E-state index >= 15 is 0 Å². The third kappa shape index (κ3) is 25.5. The zero-order valence-corrected chi connectivity index (χ0v) is 47.7. The van der Waals surface area contributed by atoms with Crippen LogP contribution >= 0.6 is 0 Å². The zero-order chi connectivity index (χ0) is 57.7. The number of rotatable bonds is 41. The molecule has 81 heavy (non-hydrogen) atoms. The number of carbonyl (C=O) groups excluding carboxylic acids is 5. The molecule has 0 saturated carbocycles. The third-order valence-corrected chi connectivity index (χ3v) is 13.3. The maximum Gasteiger partial charge on any atom is 0.343 e. The number of carbonyl (C=O) groups is 5. The lowest BCUT2D eigenvalue weighted by Crippen LogP contribution is -2.15. The molecule has 5 aromatic rings. The number of hydrogen-bond donors (Lipinski definition) is 0. The van der Waals surface area contributed by atoms with Gasteiger partial charge in [0, 0.05) is 23.9 Å². The molecule has 0 bridgehead atoms. The number of nitrogens with zero attached hydrogens (tertiary/aromatic N) is 1. The Labute approximate surface area is 479 Å². The summed E-state index contributed by atoms with van der Waals surface area (Å²) in [5, 5.41) is 0. The molecule has 4 aromatic carbocycles. The standard InChI is InChI=1S/C67H83NO13/c1-5-8-9-10-13-20-27-52-28-42-61(68-50-52)53-29-39-58(40-30-53)79-51(4)26-19-12-11-14-25-48-78-67(73)60-49-59(80-65(71)54-31-35-56(36-32-54)74-44-21-15-17-23-46-76-63(69)6-2)41-43-62(60)81-66(72)55-33-37-57(38-34-55)75-45-22-16-18-24-47-77-64(70)7-3/h6-7,28-43,49-51H,2-3,5,8-27,44-48H2,1,4H3. The lowest BCUT2D eigenvalue weighted by atomic mass is 10.0. The molecular weight excluding hydrogens is 1030 g/mol. The van der Waals surface area contributed by atoms with E-state index in [1.165, 1.54) is 62.3 Å². The van der Waals surface area contributed by atoms with Crippen LogP contribution in [0.1, 0.15) is 179 Å². The number of ether oxygens (including phenoxy) is 8. The molecule has 0 saturated heterocycles. The van der Waals surface area contributed by atoms with Crippen LogP contribution in [0.4, 0.5) is 0 Å². The normalized spacial score (nSPS) is 11.2. The van der Waals surface area contributed by atoms with Crippen molar-refractivity contribution in [3.05, 3.63) is 157 Å². The molecule has 0 aliphatic carbocycles. The maximum absolute atomic E-state index is 13.7. The highest BCUT2D eigenvalue weighted by Gasteiger charge is 2.21. The predicted molar refractivity (Wildman–Crippen MR) is 314 cm³/mol. The van der Waals surface area contributed by atoms with E-state index in [0.29, 0.717) is 44.3 Å². The summed E-state index contributed by atoms with van der Waals surface area (Å²) < 4.78 is 45.1. The number of aromatic nitrogens is 1. The predicted octanol–water partition coefficient (Wildman–Crippen LogP) is 15.4. The molecule has 1 heterocycles. The maximum atomic E-state index is 13.7. The van der Waals surface area contributed by atoms with Gasteiger partial charge in [-0.05, 0) is 193 Å². The average molecular weight is 1110 g/mol. The van der Waals surface area contributed by atoms with Gasteiger partial charge in [-0.1, -0.05) is 77.5 Å². The summed E-state index contributed by atoms with van der Waals surface area (Å²) in [6.45, 7) is 12.9. The van der Waals surface area contributed by atoms with Gasteiger partial charge in [0.25, 0.3) is 0 Å². The number of esters is 5. The van der Waals surface area contributed by atoms with Crippen molar-refractivity contribution in [2.75, 3.05) is 33.0 Å².